The molecule has 0 spiro atoms. The average molecular weight is 529 g/mol. The van der Waals surface area contributed by atoms with Crippen LogP contribution in [0.1, 0.15) is 23.6 Å². The summed E-state index contributed by atoms with van der Waals surface area (Å²) in [4.78, 5) is 3.42. The molecule has 0 heterocycles. The molecule has 2 aromatic carbocycles. The molecule has 0 saturated heterocycles. The third-order valence-electron chi connectivity index (χ3n) is 5.87. The molecule has 0 aliphatic heterocycles. The molecule has 3 rings (SSSR count). The Morgan fingerprint density at radius 3 is 2.65 bits per heavy atom. The fourth-order valence-corrected chi connectivity index (χ4v) is 6.10. The number of aromatic hydroxyl groups is 1. The number of likely N-dealkylation sites (N-methyl/N-ethyl adjacent to an activating group) is 1. The van der Waals surface area contributed by atoms with Gasteiger partial charge in [-0.3, -0.25) is 9.62 Å². The van der Waals surface area contributed by atoms with Crippen molar-refractivity contribution >= 4 is 39.2 Å². The third-order valence-corrected chi connectivity index (χ3v) is 8.17. The second-order valence-corrected chi connectivity index (χ2v) is 11.0. The number of nitrogens with one attached hydrogen (secondary N) is 1. The number of phenols is 1. The fourth-order valence-electron chi connectivity index (χ4n) is 4.10. The molecule has 0 radical (unpaired) electrons. The highest BCUT2D eigenvalue weighted by Gasteiger charge is 2.27. The predicted octanol–water partition coefficient (Wildman–Crippen LogP) is 4.24. The Labute approximate surface area is 215 Å². The van der Waals surface area contributed by atoms with Gasteiger partial charge in [-0.05, 0) is 73.6 Å². The van der Waals surface area contributed by atoms with Gasteiger partial charge in [0.05, 0.1) is 26.4 Å². The van der Waals surface area contributed by atoms with E-state index in [9.17, 15) is 5.11 Å². The first-order chi connectivity index (χ1) is 16.4. The van der Waals surface area contributed by atoms with Crippen molar-refractivity contribution in [2.45, 2.75) is 37.2 Å². The molecule has 1 aliphatic rings. The molecule has 0 aromatic heterocycles. The molecule has 1 aliphatic carbocycles. The number of benzene rings is 2. The molecule has 1 unspecified atom stereocenters. The van der Waals surface area contributed by atoms with Crippen molar-refractivity contribution in [3.05, 3.63) is 57.1 Å². The summed E-state index contributed by atoms with van der Waals surface area (Å²) in [6.45, 7) is 6.22. The van der Waals surface area contributed by atoms with E-state index in [1.54, 1.807) is 6.07 Å². The van der Waals surface area contributed by atoms with Crippen LogP contribution in [0.25, 0.3) is 0 Å². The lowest BCUT2D eigenvalue weighted by Gasteiger charge is -2.25. The summed E-state index contributed by atoms with van der Waals surface area (Å²) in [5, 5.41) is 14.1. The van der Waals surface area contributed by atoms with Crippen LogP contribution < -0.4 is 10.5 Å². The lowest BCUT2D eigenvalue weighted by atomic mass is 10.1. The Hall–Kier alpha value is -1.16. The van der Waals surface area contributed by atoms with Crippen LogP contribution in [0.15, 0.2) is 35.2 Å². The van der Waals surface area contributed by atoms with E-state index >= 15 is 0 Å². The molecule has 2 atom stereocenters. The number of nitrogens with two attached hydrogens (primary N) is 1. The Kier molecular flexibility index (Phi) is 11.1. The van der Waals surface area contributed by atoms with E-state index in [0.29, 0.717) is 56.3 Å². The van der Waals surface area contributed by atoms with Crippen LogP contribution >= 0.6 is 33.9 Å². The molecule has 6 nitrogen and oxygen atoms in total. The highest BCUT2D eigenvalue weighted by molar-refractivity contribution is 8.13. The number of nitrogens with zero attached hydrogens (tertiary/aromatic N) is 1. The highest BCUT2D eigenvalue weighted by atomic mass is 35.5. The van der Waals surface area contributed by atoms with Crippen LogP contribution in [0.2, 0.25) is 10.0 Å². The maximum Gasteiger partial charge on any atom is 0.120 e. The molecule has 2 aromatic rings. The first kappa shape index (κ1) is 27.4. The van der Waals surface area contributed by atoms with Crippen molar-refractivity contribution in [1.82, 2.24) is 9.62 Å². The Bertz CT molecular complexity index is 990. The zero-order valence-corrected chi connectivity index (χ0v) is 22.2. The van der Waals surface area contributed by atoms with Gasteiger partial charge < -0.3 is 20.3 Å². The van der Waals surface area contributed by atoms with E-state index in [1.807, 2.05) is 25.1 Å². The molecule has 9 heteroatoms. The smallest absolute Gasteiger partial charge is 0.120 e. The zero-order chi connectivity index (χ0) is 24.5. The number of phenolic OH excluding ortho intramolecular Hbond substituents is 1. The number of hydrogen-bond acceptors (Lipinski definition) is 6. The van der Waals surface area contributed by atoms with Crippen molar-refractivity contribution in [3.8, 4) is 5.75 Å². The maximum atomic E-state index is 10.5. The van der Waals surface area contributed by atoms with E-state index < -0.39 is 0 Å². The largest absolute Gasteiger partial charge is 0.508 e. The van der Waals surface area contributed by atoms with Crippen LogP contribution in [0.4, 0.5) is 0 Å². The standard InChI is InChI=1S/C25H35Cl2N3O3S/c1-3-34(29-7-9-33-11-10-32-8-6-28)22-4-5-25(31)19(14-22)17-30(2)21-13-18-12-20(26)15-24(27)23(18)16-21/h3-5,12,14-15,21,29,31H,6-11,13,16-17,28H2,1-2H3/t21-,34?/m1/s1. The first-order valence-corrected chi connectivity index (χ1v) is 13.6. The monoisotopic (exact) mass is 527 g/mol. The van der Waals surface area contributed by atoms with Crippen molar-refractivity contribution < 1.29 is 14.6 Å². The summed E-state index contributed by atoms with van der Waals surface area (Å²) in [5.41, 5.74) is 8.70. The summed E-state index contributed by atoms with van der Waals surface area (Å²) in [6, 6.07) is 10.00. The van der Waals surface area contributed by atoms with E-state index in [4.69, 9.17) is 38.4 Å². The Morgan fingerprint density at radius 2 is 1.91 bits per heavy atom. The van der Waals surface area contributed by atoms with Crippen LogP contribution in [-0.4, -0.2) is 68.0 Å². The third kappa shape index (κ3) is 7.67. The topological polar surface area (TPSA) is 80.0 Å². The van der Waals surface area contributed by atoms with E-state index in [-0.39, 0.29) is 10.7 Å². The number of ether oxygens (including phenoxy) is 2. The van der Waals surface area contributed by atoms with E-state index in [1.165, 1.54) is 11.1 Å². The Morgan fingerprint density at radius 1 is 1.15 bits per heavy atom. The zero-order valence-electron chi connectivity index (χ0n) is 19.9. The fraction of sp³-hybridized carbons (Fsp3) is 0.480. The van der Waals surface area contributed by atoms with E-state index in [2.05, 4.69) is 28.1 Å². The first-order valence-electron chi connectivity index (χ1n) is 11.5. The molecule has 0 bridgehead atoms. The minimum Gasteiger partial charge on any atom is -0.508 e. The van der Waals surface area contributed by atoms with Crippen LogP contribution in [0, 0.1) is 0 Å². The van der Waals surface area contributed by atoms with Crippen LogP contribution in [0.3, 0.4) is 0 Å². The summed E-state index contributed by atoms with van der Waals surface area (Å²) < 4.78 is 14.4. The highest BCUT2D eigenvalue weighted by Crippen LogP contribution is 2.35. The molecule has 188 valence electrons. The lowest BCUT2D eigenvalue weighted by molar-refractivity contribution is 0.0532. The predicted molar refractivity (Wildman–Crippen MR) is 144 cm³/mol. The summed E-state index contributed by atoms with van der Waals surface area (Å²) in [7, 11) is 1.85. The van der Waals surface area contributed by atoms with Gasteiger partial charge in [0, 0.05) is 46.2 Å². The number of halogens is 2. The summed E-state index contributed by atoms with van der Waals surface area (Å²) in [6.07, 6.45) is 1.78. The van der Waals surface area contributed by atoms with Crippen molar-refractivity contribution in [3.63, 3.8) is 0 Å². The maximum absolute atomic E-state index is 10.5. The average Bonchev–Trinajstić information content (AvgIpc) is 3.24. The van der Waals surface area contributed by atoms with E-state index in [0.717, 1.165) is 34.9 Å². The van der Waals surface area contributed by atoms with Gasteiger partial charge in [0.2, 0.25) is 0 Å². The second kappa shape index (κ2) is 13.8. The molecular weight excluding hydrogens is 493 g/mol. The van der Waals surface area contributed by atoms with Gasteiger partial charge in [-0.1, -0.05) is 33.9 Å². The van der Waals surface area contributed by atoms with Gasteiger partial charge in [-0.15, -0.1) is 0 Å². The number of rotatable bonds is 13. The minimum atomic E-state index is -0.243. The lowest BCUT2D eigenvalue weighted by Crippen LogP contribution is -2.31. The SMILES string of the molecule is C/C=S(/NCCOCCOCCN)c1ccc(O)c(CN(C)[C@@H]2Cc3cc(Cl)cc(Cl)c3C2)c1. The van der Waals surface area contributed by atoms with Crippen LogP contribution in [0.5, 0.6) is 5.75 Å². The van der Waals surface area contributed by atoms with Crippen molar-refractivity contribution in [2.75, 3.05) is 46.6 Å². The number of fused-ring (bicyclic) bond motifs is 1. The van der Waals surface area contributed by atoms with Gasteiger partial charge in [-0.2, -0.15) is 0 Å². The molecule has 0 fully saturated rings. The summed E-state index contributed by atoms with van der Waals surface area (Å²) >= 11 is 12.6. The van der Waals surface area contributed by atoms with Gasteiger partial charge in [-0.25, -0.2) is 0 Å². The van der Waals surface area contributed by atoms with Gasteiger partial charge in [0.15, 0.2) is 0 Å². The van der Waals surface area contributed by atoms with Crippen LogP contribution in [-0.2, 0) is 28.9 Å². The Balaban J connectivity index is 1.55. The van der Waals surface area contributed by atoms with Gasteiger partial charge in [0.25, 0.3) is 0 Å². The molecule has 34 heavy (non-hydrogen) atoms. The molecule has 0 saturated carbocycles. The minimum absolute atomic E-state index is 0.243. The molecule has 4 N–H and O–H groups in total. The number of hydrogen-bond donors (Lipinski definition) is 3. The molecular formula is C25H35Cl2N3O3S. The van der Waals surface area contributed by atoms with Crippen molar-refractivity contribution in [1.29, 1.82) is 0 Å². The quantitative estimate of drug-likeness (QED) is 0.267. The summed E-state index contributed by atoms with van der Waals surface area (Å²) in [5.74, 6) is 0.313. The second-order valence-electron chi connectivity index (χ2n) is 8.27. The normalized spacial score (nSPS) is 16.4. The van der Waals surface area contributed by atoms with Crippen molar-refractivity contribution in [2.24, 2.45) is 5.73 Å². The van der Waals surface area contributed by atoms with Gasteiger partial charge in [0.1, 0.15) is 5.75 Å². The molecule has 0 amide bonds. The van der Waals surface area contributed by atoms with Gasteiger partial charge >= 0.3 is 0 Å².